The Balaban J connectivity index is 1.21. The van der Waals surface area contributed by atoms with Gasteiger partial charge in [0, 0.05) is 43.6 Å². The van der Waals surface area contributed by atoms with E-state index in [-0.39, 0.29) is 10.8 Å². The van der Waals surface area contributed by atoms with Gasteiger partial charge in [-0.25, -0.2) is 0 Å². The summed E-state index contributed by atoms with van der Waals surface area (Å²) >= 11 is 0. The van der Waals surface area contributed by atoms with Gasteiger partial charge in [0.25, 0.3) is 0 Å². The van der Waals surface area contributed by atoms with E-state index in [1.807, 2.05) is 0 Å². The van der Waals surface area contributed by atoms with Crippen LogP contribution in [0.15, 0.2) is 170 Å². The van der Waals surface area contributed by atoms with Crippen molar-refractivity contribution in [2.24, 2.45) is 0 Å². The Kier molecular flexibility index (Phi) is 6.22. The fourth-order valence-electron chi connectivity index (χ4n) is 10.6. The summed E-state index contributed by atoms with van der Waals surface area (Å²) in [6.07, 6.45) is 0. The molecule has 0 aliphatic heterocycles. The van der Waals surface area contributed by atoms with Gasteiger partial charge in [0.05, 0.1) is 27.8 Å². The van der Waals surface area contributed by atoms with Gasteiger partial charge < -0.3 is 9.13 Å². The molecule has 0 radical (unpaired) electrons. The van der Waals surface area contributed by atoms with Crippen LogP contribution in [-0.2, 0) is 10.8 Å². The Labute approximate surface area is 326 Å². The zero-order chi connectivity index (χ0) is 37.5. The van der Waals surface area contributed by atoms with Gasteiger partial charge in [0.15, 0.2) is 0 Å². The van der Waals surface area contributed by atoms with Crippen LogP contribution in [0.2, 0.25) is 0 Å². The van der Waals surface area contributed by atoms with Gasteiger partial charge in [-0.15, -0.1) is 0 Å². The van der Waals surface area contributed by atoms with Crippen LogP contribution in [0, 0.1) is 0 Å². The molecule has 2 heterocycles. The number of aromatic nitrogens is 2. The Bertz CT molecular complexity index is 3190. The van der Waals surface area contributed by atoms with Gasteiger partial charge in [0.2, 0.25) is 0 Å². The van der Waals surface area contributed by atoms with Crippen LogP contribution in [0.1, 0.15) is 49.9 Å². The van der Waals surface area contributed by atoms with Crippen molar-refractivity contribution in [2.75, 3.05) is 0 Å². The number of para-hydroxylation sites is 4. The number of rotatable bonds is 3. The summed E-state index contributed by atoms with van der Waals surface area (Å²) in [7, 11) is 0. The maximum absolute atomic E-state index is 2.57. The molecule has 56 heavy (non-hydrogen) atoms. The van der Waals surface area contributed by atoms with Crippen molar-refractivity contribution in [1.29, 1.82) is 0 Å². The fourth-order valence-corrected chi connectivity index (χ4v) is 10.6. The van der Waals surface area contributed by atoms with Gasteiger partial charge in [-0.2, -0.15) is 0 Å². The molecule has 2 aromatic heterocycles. The van der Waals surface area contributed by atoms with Crippen molar-refractivity contribution >= 4 is 43.6 Å². The van der Waals surface area contributed by atoms with Crippen LogP contribution in [-0.4, -0.2) is 9.13 Å². The lowest BCUT2D eigenvalue weighted by molar-refractivity contribution is 0.652. The highest BCUT2D eigenvalue weighted by Crippen LogP contribution is 2.59. The lowest BCUT2D eigenvalue weighted by Crippen LogP contribution is -2.17. The van der Waals surface area contributed by atoms with Crippen LogP contribution >= 0.6 is 0 Å². The Morgan fingerprint density at radius 2 is 0.804 bits per heavy atom. The zero-order valence-corrected chi connectivity index (χ0v) is 32.1. The molecule has 8 aromatic carbocycles. The molecule has 0 spiro atoms. The highest BCUT2D eigenvalue weighted by molar-refractivity contribution is 6.12. The summed E-state index contributed by atoms with van der Waals surface area (Å²) in [5.74, 6) is 0. The molecule has 0 atom stereocenters. The molecule has 2 heteroatoms. The minimum atomic E-state index is -0.267. The minimum absolute atomic E-state index is 0.159. The van der Waals surface area contributed by atoms with E-state index >= 15 is 0 Å². The molecule has 2 aliphatic rings. The van der Waals surface area contributed by atoms with Gasteiger partial charge in [-0.3, -0.25) is 0 Å². The topological polar surface area (TPSA) is 9.86 Å². The van der Waals surface area contributed by atoms with Crippen LogP contribution in [0.25, 0.3) is 88.4 Å². The van der Waals surface area contributed by atoms with E-state index in [0.29, 0.717) is 0 Å². The summed E-state index contributed by atoms with van der Waals surface area (Å²) in [4.78, 5) is 0. The van der Waals surface area contributed by atoms with Crippen LogP contribution in [0.3, 0.4) is 0 Å². The average Bonchev–Trinajstić information content (AvgIpc) is 3.89. The molecule has 10 aromatic rings. The zero-order valence-electron chi connectivity index (χ0n) is 32.1. The van der Waals surface area contributed by atoms with Crippen molar-refractivity contribution in [3.63, 3.8) is 0 Å². The fraction of sp³-hybridized carbons (Fsp3) is 0.111. The molecule has 0 fully saturated rings. The normalized spacial score (nSPS) is 14.7. The summed E-state index contributed by atoms with van der Waals surface area (Å²) in [5, 5.41) is 5.10. The predicted molar refractivity (Wildman–Crippen MR) is 236 cm³/mol. The first kappa shape index (κ1) is 31.7. The van der Waals surface area contributed by atoms with Gasteiger partial charge in [-0.1, -0.05) is 149 Å². The first-order valence-corrected chi connectivity index (χ1v) is 19.9. The number of benzene rings is 8. The second-order valence-corrected chi connectivity index (χ2v) is 16.9. The quantitative estimate of drug-likeness (QED) is 0.172. The van der Waals surface area contributed by atoms with Gasteiger partial charge >= 0.3 is 0 Å². The SMILES string of the molecule is CC1(C)c2cc3c(cc2-c2c(-c4ccccc4)cccc21)C(C)(C)c1cc(-n2c4ccccc4c4ccccc42)cc(-n2c4ccccc4c4ccccc42)c1-3. The molecular weight excluding hydrogens is 677 g/mol. The smallest absolute Gasteiger partial charge is 0.0564 e. The van der Waals surface area contributed by atoms with E-state index in [4.69, 9.17) is 0 Å². The van der Waals surface area contributed by atoms with Crippen LogP contribution in [0.4, 0.5) is 0 Å². The molecule has 266 valence electrons. The first-order valence-electron chi connectivity index (χ1n) is 19.9. The molecule has 12 rings (SSSR count). The highest BCUT2D eigenvalue weighted by Gasteiger charge is 2.44. The van der Waals surface area contributed by atoms with Crippen LogP contribution < -0.4 is 0 Å². The first-order chi connectivity index (χ1) is 27.3. The second kappa shape index (κ2) is 11.0. The van der Waals surface area contributed by atoms with Crippen molar-refractivity contribution in [1.82, 2.24) is 9.13 Å². The van der Waals surface area contributed by atoms with E-state index in [9.17, 15) is 0 Å². The van der Waals surface area contributed by atoms with E-state index < -0.39 is 0 Å². The largest absolute Gasteiger partial charge is 0.309 e. The average molecular weight is 717 g/mol. The second-order valence-electron chi connectivity index (χ2n) is 16.9. The lowest BCUT2D eigenvalue weighted by atomic mass is 9.79. The molecule has 2 nitrogen and oxygen atoms in total. The van der Waals surface area contributed by atoms with Crippen LogP contribution in [0.5, 0.6) is 0 Å². The van der Waals surface area contributed by atoms with Crippen molar-refractivity contribution in [2.45, 2.75) is 38.5 Å². The molecule has 0 bridgehead atoms. The van der Waals surface area contributed by atoms with Gasteiger partial charge in [-0.05, 0) is 98.6 Å². The molecule has 0 unspecified atom stereocenters. The molecular formula is C54H40N2. The number of fused-ring (bicyclic) bond motifs is 12. The van der Waals surface area contributed by atoms with Crippen molar-refractivity contribution in [3.05, 3.63) is 192 Å². The number of nitrogens with zero attached hydrogens (tertiary/aromatic N) is 2. The number of hydrogen-bond donors (Lipinski definition) is 0. The van der Waals surface area contributed by atoms with E-state index in [1.54, 1.807) is 0 Å². The standard InChI is InChI=1S/C54H40N2/c1-53(2)42-24-16-23-35(33-17-6-5-7-18-33)51(42)40-31-44-41(32-43(40)53)52-45(54(44,3)4)29-34(55-46-25-12-8-19-36(46)37-20-9-13-26-47(37)55)30-50(52)56-48-27-14-10-21-38(48)39-22-11-15-28-49(39)56/h5-32H,1-4H3. The molecule has 0 amide bonds. The summed E-state index contributed by atoms with van der Waals surface area (Å²) in [6, 6.07) is 63.6. The lowest BCUT2D eigenvalue weighted by Gasteiger charge is -2.24. The maximum atomic E-state index is 2.57. The Hall–Kier alpha value is -6.64. The van der Waals surface area contributed by atoms with E-state index in [0.717, 1.165) is 0 Å². The van der Waals surface area contributed by atoms with Gasteiger partial charge in [0.1, 0.15) is 0 Å². The summed E-state index contributed by atoms with van der Waals surface area (Å²) in [5.41, 5.74) is 20.4. The molecule has 2 aliphatic carbocycles. The summed E-state index contributed by atoms with van der Waals surface area (Å²) < 4.78 is 5.04. The monoisotopic (exact) mass is 716 g/mol. The highest BCUT2D eigenvalue weighted by atomic mass is 15.0. The molecule has 0 saturated heterocycles. The third-order valence-corrected chi connectivity index (χ3v) is 13.3. The summed E-state index contributed by atoms with van der Waals surface area (Å²) in [6.45, 7) is 9.72. The van der Waals surface area contributed by atoms with Crippen molar-refractivity contribution < 1.29 is 0 Å². The minimum Gasteiger partial charge on any atom is -0.309 e. The number of hydrogen-bond acceptors (Lipinski definition) is 0. The Morgan fingerprint density at radius 3 is 1.36 bits per heavy atom. The van der Waals surface area contributed by atoms with E-state index in [1.165, 1.54) is 111 Å². The maximum Gasteiger partial charge on any atom is 0.0564 e. The third-order valence-electron chi connectivity index (χ3n) is 13.3. The van der Waals surface area contributed by atoms with E-state index in [2.05, 4.69) is 207 Å². The Morgan fingerprint density at radius 1 is 0.339 bits per heavy atom. The van der Waals surface area contributed by atoms with Crippen molar-refractivity contribution in [3.8, 4) is 44.8 Å². The predicted octanol–water partition coefficient (Wildman–Crippen LogP) is 14.2. The third kappa shape index (κ3) is 4.01. The molecule has 0 N–H and O–H groups in total. The molecule has 0 saturated carbocycles.